The van der Waals surface area contributed by atoms with Crippen molar-refractivity contribution in [1.29, 1.82) is 0 Å². The maximum atomic E-state index is 5.81. The standard InChI is InChI=1S/C15H12BrN3O/c1-9-2-4-10(5-3-9)14-18-15(20-19-14)11-6-12(16)8-13(17)7-11/h2-8H,17H2,1H3. The second-order valence-electron chi connectivity index (χ2n) is 4.56. The van der Waals surface area contributed by atoms with Crippen molar-refractivity contribution in [3.05, 3.63) is 52.5 Å². The highest BCUT2D eigenvalue weighted by atomic mass is 79.9. The van der Waals surface area contributed by atoms with Gasteiger partial charge in [0.25, 0.3) is 5.89 Å². The van der Waals surface area contributed by atoms with E-state index < -0.39 is 0 Å². The zero-order valence-electron chi connectivity index (χ0n) is 10.8. The third-order valence-corrected chi connectivity index (χ3v) is 3.36. The number of hydrogen-bond donors (Lipinski definition) is 1. The maximum Gasteiger partial charge on any atom is 0.258 e. The molecule has 0 radical (unpaired) electrons. The summed E-state index contributed by atoms with van der Waals surface area (Å²) in [5.74, 6) is 1.02. The molecule has 2 aromatic carbocycles. The summed E-state index contributed by atoms with van der Waals surface area (Å²) in [7, 11) is 0. The Hall–Kier alpha value is -2.14. The van der Waals surface area contributed by atoms with Crippen LogP contribution < -0.4 is 5.73 Å². The first-order valence-corrected chi connectivity index (χ1v) is 6.88. The zero-order valence-corrected chi connectivity index (χ0v) is 12.4. The zero-order chi connectivity index (χ0) is 14.1. The fourth-order valence-electron chi connectivity index (χ4n) is 1.90. The van der Waals surface area contributed by atoms with Crippen LogP contribution in [0.4, 0.5) is 5.69 Å². The molecule has 0 fully saturated rings. The van der Waals surface area contributed by atoms with Gasteiger partial charge in [-0.2, -0.15) is 4.98 Å². The van der Waals surface area contributed by atoms with Gasteiger partial charge in [-0.05, 0) is 25.1 Å². The molecule has 0 bridgehead atoms. The molecule has 0 unspecified atom stereocenters. The number of rotatable bonds is 2. The lowest BCUT2D eigenvalue weighted by Crippen LogP contribution is -1.86. The van der Waals surface area contributed by atoms with Crippen molar-refractivity contribution in [3.63, 3.8) is 0 Å². The van der Waals surface area contributed by atoms with Gasteiger partial charge in [-0.3, -0.25) is 0 Å². The topological polar surface area (TPSA) is 64.9 Å². The Bertz CT molecular complexity index is 730. The number of nitrogens with two attached hydrogens (primary N) is 1. The summed E-state index contributed by atoms with van der Waals surface area (Å²) in [5, 5.41) is 4.01. The summed E-state index contributed by atoms with van der Waals surface area (Å²) in [6.07, 6.45) is 0. The lowest BCUT2D eigenvalue weighted by Gasteiger charge is -1.98. The molecule has 0 saturated carbocycles. The van der Waals surface area contributed by atoms with Gasteiger partial charge in [0, 0.05) is 21.3 Å². The monoisotopic (exact) mass is 329 g/mol. The van der Waals surface area contributed by atoms with Crippen LogP contribution in [-0.4, -0.2) is 10.1 Å². The Kier molecular flexibility index (Phi) is 3.28. The van der Waals surface area contributed by atoms with E-state index in [1.807, 2.05) is 43.3 Å². The number of anilines is 1. The minimum absolute atomic E-state index is 0.452. The maximum absolute atomic E-state index is 5.81. The molecule has 4 nitrogen and oxygen atoms in total. The van der Waals surface area contributed by atoms with Gasteiger partial charge in [-0.15, -0.1) is 0 Å². The largest absolute Gasteiger partial charge is 0.399 e. The van der Waals surface area contributed by atoms with Crippen molar-refractivity contribution in [1.82, 2.24) is 10.1 Å². The first-order chi connectivity index (χ1) is 9.61. The van der Waals surface area contributed by atoms with E-state index in [1.165, 1.54) is 5.56 Å². The Morgan fingerprint density at radius 1 is 1.05 bits per heavy atom. The number of nitrogen functional groups attached to an aromatic ring is 1. The molecule has 0 saturated heterocycles. The van der Waals surface area contributed by atoms with Gasteiger partial charge in [0.15, 0.2) is 0 Å². The van der Waals surface area contributed by atoms with Gasteiger partial charge in [0.1, 0.15) is 0 Å². The molecule has 0 spiro atoms. The van der Waals surface area contributed by atoms with Crippen molar-refractivity contribution >= 4 is 21.6 Å². The third-order valence-electron chi connectivity index (χ3n) is 2.90. The third kappa shape index (κ3) is 2.58. The summed E-state index contributed by atoms with van der Waals surface area (Å²) in [6, 6.07) is 13.5. The first-order valence-electron chi connectivity index (χ1n) is 6.09. The second kappa shape index (κ2) is 5.09. The average Bonchev–Trinajstić information content (AvgIpc) is 2.88. The Labute approximate surface area is 124 Å². The molecule has 3 rings (SSSR count). The normalized spacial score (nSPS) is 10.7. The number of hydrogen-bond acceptors (Lipinski definition) is 4. The van der Waals surface area contributed by atoms with E-state index >= 15 is 0 Å². The van der Waals surface area contributed by atoms with Crippen LogP contribution in [0.5, 0.6) is 0 Å². The fourth-order valence-corrected chi connectivity index (χ4v) is 2.41. The highest BCUT2D eigenvalue weighted by Crippen LogP contribution is 2.27. The molecule has 5 heteroatoms. The molecular formula is C15H12BrN3O. The quantitative estimate of drug-likeness (QED) is 0.720. The molecular weight excluding hydrogens is 318 g/mol. The predicted molar refractivity (Wildman–Crippen MR) is 82.0 cm³/mol. The van der Waals surface area contributed by atoms with E-state index in [0.717, 1.165) is 15.6 Å². The van der Waals surface area contributed by atoms with E-state index in [1.54, 1.807) is 6.07 Å². The van der Waals surface area contributed by atoms with Crippen LogP contribution in [-0.2, 0) is 0 Å². The van der Waals surface area contributed by atoms with E-state index in [2.05, 4.69) is 26.1 Å². The minimum atomic E-state index is 0.452. The van der Waals surface area contributed by atoms with Crippen molar-refractivity contribution in [2.24, 2.45) is 0 Å². The Morgan fingerprint density at radius 3 is 2.50 bits per heavy atom. The minimum Gasteiger partial charge on any atom is -0.399 e. The van der Waals surface area contributed by atoms with Crippen LogP contribution in [0.15, 0.2) is 51.5 Å². The molecule has 0 amide bonds. The summed E-state index contributed by atoms with van der Waals surface area (Å²) in [4.78, 5) is 4.41. The van der Waals surface area contributed by atoms with Crippen LogP contribution in [0.1, 0.15) is 5.56 Å². The fraction of sp³-hybridized carbons (Fsp3) is 0.0667. The van der Waals surface area contributed by atoms with Gasteiger partial charge < -0.3 is 10.3 Å². The van der Waals surface area contributed by atoms with Crippen LogP contribution in [0, 0.1) is 6.92 Å². The molecule has 3 aromatic rings. The van der Waals surface area contributed by atoms with Gasteiger partial charge in [0.05, 0.1) is 0 Å². The van der Waals surface area contributed by atoms with Crippen LogP contribution in [0.25, 0.3) is 22.8 Å². The number of aromatic nitrogens is 2. The average molecular weight is 330 g/mol. The molecule has 1 heterocycles. The molecule has 2 N–H and O–H groups in total. The van der Waals surface area contributed by atoms with Crippen LogP contribution in [0.2, 0.25) is 0 Å². The van der Waals surface area contributed by atoms with Crippen molar-refractivity contribution in [2.45, 2.75) is 6.92 Å². The van der Waals surface area contributed by atoms with E-state index in [9.17, 15) is 0 Å². The molecule has 0 aliphatic carbocycles. The SMILES string of the molecule is Cc1ccc(-c2noc(-c3cc(N)cc(Br)c3)n2)cc1. The number of halogens is 1. The second-order valence-corrected chi connectivity index (χ2v) is 5.48. The number of benzene rings is 2. The predicted octanol–water partition coefficient (Wildman–Crippen LogP) is 4.06. The number of aryl methyl sites for hydroxylation is 1. The van der Waals surface area contributed by atoms with Crippen molar-refractivity contribution in [2.75, 3.05) is 5.73 Å². The lowest BCUT2D eigenvalue weighted by atomic mass is 10.1. The summed E-state index contributed by atoms with van der Waals surface area (Å²) in [5.41, 5.74) is 9.37. The molecule has 0 aliphatic heterocycles. The molecule has 0 aliphatic rings. The summed E-state index contributed by atoms with van der Waals surface area (Å²) in [6.45, 7) is 2.04. The van der Waals surface area contributed by atoms with Crippen LogP contribution >= 0.6 is 15.9 Å². The van der Waals surface area contributed by atoms with Crippen molar-refractivity contribution < 1.29 is 4.52 Å². The van der Waals surface area contributed by atoms with Gasteiger partial charge in [-0.25, -0.2) is 0 Å². The first kappa shape index (κ1) is 12.9. The lowest BCUT2D eigenvalue weighted by molar-refractivity contribution is 0.432. The highest BCUT2D eigenvalue weighted by Gasteiger charge is 2.11. The molecule has 20 heavy (non-hydrogen) atoms. The summed E-state index contributed by atoms with van der Waals surface area (Å²) < 4.78 is 6.19. The Morgan fingerprint density at radius 2 is 1.80 bits per heavy atom. The smallest absolute Gasteiger partial charge is 0.258 e. The van der Waals surface area contributed by atoms with E-state index in [4.69, 9.17) is 10.3 Å². The molecule has 1 aromatic heterocycles. The Balaban J connectivity index is 1.99. The van der Waals surface area contributed by atoms with Gasteiger partial charge >= 0.3 is 0 Å². The number of nitrogens with zero attached hydrogens (tertiary/aromatic N) is 2. The van der Waals surface area contributed by atoms with E-state index in [-0.39, 0.29) is 0 Å². The van der Waals surface area contributed by atoms with Crippen LogP contribution in [0.3, 0.4) is 0 Å². The van der Waals surface area contributed by atoms with Gasteiger partial charge in [-0.1, -0.05) is 50.9 Å². The summed E-state index contributed by atoms with van der Waals surface area (Å²) >= 11 is 3.40. The highest BCUT2D eigenvalue weighted by molar-refractivity contribution is 9.10. The van der Waals surface area contributed by atoms with E-state index in [0.29, 0.717) is 17.4 Å². The van der Waals surface area contributed by atoms with Crippen molar-refractivity contribution in [3.8, 4) is 22.8 Å². The molecule has 0 atom stereocenters. The van der Waals surface area contributed by atoms with Gasteiger partial charge in [0.2, 0.25) is 5.82 Å². The molecule has 100 valence electrons.